The minimum atomic E-state index is -0.611. The molecule has 0 bridgehead atoms. The molecule has 0 spiro atoms. The van der Waals surface area contributed by atoms with Crippen molar-refractivity contribution in [3.63, 3.8) is 0 Å². The minimum Gasteiger partial charge on any atom is -0.377 e. The lowest BCUT2D eigenvalue weighted by molar-refractivity contribution is -0.119. The number of fused-ring (bicyclic) bond motifs is 1. The molecule has 1 saturated heterocycles. The standard InChI is InChI=1S/C20H24N6O3/c1-13-11-29-9-8-26(13)19-16-6-7-25(12-27)10-17(16)23-18(24-19)14-2-4-15(5-3-14)22-20(21)28/h2-5,12-13H,6-11H2,1H3,(H3,21,22,28)/t13-/m0/s1. The lowest BCUT2D eigenvalue weighted by atomic mass is 10.0. The van der Waals surface area contributed by atoms with Crippen molar-refractivity contribution in [3.05, 3.63) is 35.5 Å². The summed E-state index contributed by atoms with van der Waals surface area (Å²) in [7, 11) is 0. The zero-order chi connectivity index (χ0) is 20.4. The first kappa shape index (κ1) is 19.1. The predicted octanol–water partition coefficient (Wildman–Crippen LogP) is 1.37. The number of rotatable bonds is 4. The number of carbonyl (C=O) groups excluding carboxylic acids is 2. The minimum absolute atomic E-state index is 0.210. The van der Waals surface area contributed by atoms with Crippen molar-refractivity contribution >= 4 is 23.9 Å². The van der Waals surface area contributed by atoms with Gasteiger partial charge in [0.05, 0.1) is 31.5 Å². The van der Waals surface area contributed by atoms with Gasteiger partial charge in [-0.25, -0.2) is 14.8 Å². The van der Waals surface area contributed by atoms with E-state index in [0.717, 1.165) is 42.0 Å². The van der Waals surface area contributed by atoms with Crippen LogP contribution in [-0.2, 0) is 22.5 Å². The van der Waals surface area contributed by atoms with Crippen LogP contribution in [-0.4, -0.2) is 59.7 Å². The maximum atomic E-state index is 11.3. The summed E-state index contributed by atoms with van der Waals surface area (Å²) in [6.07, 6.45) is 1.60. The zero-order valence-electron chi connectivity index (χ0n) is 16.3. The monoisotopic (exact) mass is 396 g/mol. The SMILES string of the molecule is C[C@H]1COCCN1c1nc(-c2ccc(NC(N)=O)cc2)nc2c1CCN(C=O)C2. The van der Waals surface area contributed by atoms with E-state index >= 15 is 0 Å². The highest BCUT2D eigenvalue weighted by Gasteiger charge is 2.28. The molecule has 3 N–H and O–H groups in total. The Bertz CT molecular complexity index is 917. The molecule has 1 atom stereocenters. The van der Waals surface area contributed by atoms with Gasteiger partial charge in [0.25, 0.3) is 0 Å². The van der Waals surface area contributed by atoms with Gasteiger partial charge in [0.2, 0.25) is 6.41 Å². The molecule has 0 saturated carbocycles. The molecule has 0 radical (unpaired) electrons. The van der Waals surface area contributed by atoms with E-state index in [4.69, 9.17) is 20.4 Å². The first-order valence-electron chi connectivity index (χ1n) is 9.65. The number of primary amides is 1. The molecular formula is C20H24N6O3. The molecule has 4 rings (SSSR count). The number of benzene rings is 1. The van der Waals surface area contributed by atoms with Crippen LogP contribution in [0, 0.1) is 0 Å². The Balaban J connectivity index is 1.75. The molecule has 0 aliphatic carbocycles. The van der Waals surface area contributed by atoms with Gasteiger partial charge in [0, 0.05) is 29.9 Å². The number of amides is 3. The Morgan fingerprint density at radius 1 is 1.28 bits per heavy atom. The fourth-order valence-corrected chi connectivity index (χ4v) is 3.77. The number of nitrogens with one attached hydrogen (secondary N) is 1. The van der Waals surface area contributed by atoms with E-state index in [2.05, 4.69) is 17.1 Å². The number of anilines is 2. The third-order valence-electron chi connectivity index (χ3n) is 5.27. The molecule has 3 amide bonds. The van der Waals surface area contributed by atoms with Gasteiger partial charge in [0.1, 0.15) is 5.82 Å². The van der Waals surface area contributed by atoms with Gasteiger partial charge in [-0.3, -0.25) is 4.79 Å². The molecule has 9 heteroatoms. The number of morpholine rings is 1. The molecule has 3 heterocycles. The van der Waals surface area contributed by atoms with E-state index in [9.17, 15) is 9.59 Å². The van der Waals surface area contributed by atoms with Gasteiger partial charge in [0.15, 0.2) is 5.82 Å². The van der Waals surface area contributed by atoms with Crippen molar-refractivity contribution in [1.82, 2.24) is 14.9 Å². The summed E-state index contributed by atoms with van der Waals surface area (Å²) >= 11 is 0. The van der Waals surface area contributed by atoms with Crippen molar-refractivity contribution in [3.8, 4) is 11.4 Å². The zero-order valence-corrected chi connectivity index (χ0v) is 16.3. The van der Waals surface area contributed by atoms with Crippen LogP contribution in [0.1, 0.15) is 18.2 Å². The largest absolute Gasteiger partial charge is 0.377 e. The van der Waals surface area contributed by atoms with Gasteiger partial charge in [-0.1, -0.05) is 0 Å². The summed E-state index contributed by atoms with van der Waals surface area (Å²) in [5, 5.41) is 2.55. The molecule has 0 unspecified atom stereocenters. The molecule has 2 aliphatic rings. The average molecular weight is 396 g/mol. The number of hydrogen-bond donors (Lipinski definition) is 2. The van der Waals surface area contributed by atoms with Crippen LogP contribution in [0.25, 0.3) is 11.4 Å². The summed E-state index contributed by atoms with van der Waals surface area (Å²) in [5.74, 6) is 1.52. The number of nitrogens with zero attached hydrogens (tertiary/aromatic N) is 4. The summed E-state index contributed by atoms with van der Waals surface area (Å²) in [6.45, 7) is 5.34. The van der Waals surface area contributed by atoms with E-state index in [1.54, 1.807) is 17.0 Å². The number of urea groups is 1. The lowest BCUT2D eigenvalue weighted by Crippen LogP contribution is -2.45. The Hall–Kier alpha value is -3.20. The Labute approximate surface area is 168 Å². The van der Waals surface area contributed by atoms with E-state index in [-0.39, 0.29) is 6.04 Å². The van der Waals surface area contributed by atoms with E-state index in [1.807, 2.05) is 12.1 Å². The van der Waals surface area contributed by atoms with E-state index in [0.29, 0.717) is 37.8 Å². The molecular weight excluding hydrogens is 372 g/mol. The van der Waals surface area contributed by atoms with E-state index < -0.39 is 6.03 Å². The van der Waals surface area contributed by atoms with Crippen LogP contribution in [0.5, 0.6) is 0 Å². The Kier molecular flexibility index (Phi) is 5.30. The number of hydrogen-bond acceptors (Lipinski definition) is 6. The van der Waals surface area contributed by atoms with Crippen LogP contribution in [0.2, 0.25) is 0 Å². The van der Waals surface area contributed by atoms with Gasteiger partial charge >= 0.3 is 6.03 Å². The van der Waals surface area contributed by atoms with Crippen molar-refractivity contribution < 1.29 is 14.3 Å². The summed E-state index contributed by atoms with van der Waals surface area (Å²) in [6, 6.07) is 6.82. The number of nitrogens with two attached hydrogens (primary N) is 1. The molecule has 9 nitrogen and oxygen atoms in total. The van der Waals surface area contributed by atoms with Gasteiger partial charge in [-0.05, 0) is 37.6 Å². The predicted molar refractivity (Wildman–Crippen MR) is 108 cm³/mol. The average Bonchev–Trinajstić information content (AvgIpc) is 2.73. The van der Waals surface area contributed by atoms with Crippen LogP contribution in [0.15, 0.2) is 24.3 Å². The summed E-state index contributed by atoms with van der Waals surface area (Å²) < 4.78 is 5.59. The summed E-state index contributed by atoms with van der Waals surface area (Å²) in [5.41, 5.74) is 8.58. The first-order chi connectivity index (χ1) is 14.0. The maximum Gasteiger partial charge on any atom is 0.316 e. The topological polar surface area (TPSA) is 114 Å². The van der Waals surface area contributed by atoms with Crippen LogP contribution >= 0.6 is 0 Å². The second-order valence-electron chi connectivity index (χ2n) is 7.31. The highest BCUT2D eigenvalue weighted by Crippen LogP contribution is 2.31. The van der Waals surface area contributed by atoms with Crippen LogP contribution in [0.4, 0.5) is 16.3 Å². The van der Waals surface area contributed by atoms with Gasteiger partial charge in [-0.15, -0.1) is 0 Å². The number of aromatic nitrogens is 2. The smallest absolute Gasteiger partial charge is 0.316 e. The Morgan fingerprint density at radius 3 is 2.76 bits per heavy atom. The first-order valence-corrected chi connectivity index (χ1v) is 9.65. The fraction of sp³-hybridized carbons (Fsp3) is 0.400. The maximum absolute atomic E-state index is 11.3. The van der Waals surface area contributed by atoms with Gasteiger partial charge in [-0.2, -0.15) is 0 Å². The molecule has 29 heavy (non-hydrogen) atoms. The summed E-state index contributed by atoms with van der Waals surface area (Å²) in [4.78, 5) is 36.0. The van der Waals surface area contributed by atoms with Crippen LogP contribution in [0.3, 0.4) is 0 Å². The van der Waals surface area contributed by atoms with Crippen molar-refractivity contribution in [1.29, 1.82) is 0 Å². The van der Waals surface area contributed by atoms with Gasteiger partial charge < -0.3 is 25.6 Å². The highest BCUT2D eigenvalue weighted by molar-refractivity contribution is 5.88. The molecule has 1 aromatic heterocycles. The van der Waals surface area contributed by atoms with Crippen LogP contribution < -0.4 is 16.0 Å². The normalized spacial score (nSPS) is 18.9. The second-order valence-corrected chi connectivity index (χ2v) is 7.31. The third kappa shape index (κ3) is 4.00. The Morgan fingerprint density at radius 2 is 2.07 bits per heavy atom. The van der Waals surface area contributed by atoms with Crippen molar-refractivity contribution in [2.75, 3.05) is 36.5 Å². The molecule has 2 aliphatic heterocycles. The van der Waals surface area contributed by atoms with Crippen molar-refractivity contribution in [2.24, 2.45) is 5.73 Å². The highest BCUT2D eigenvalue weighted by atomic mass is 16.5. The molecule has 1 aromatic carbocycles. The molecule has 2 aromatic rings. The number of carbonyl (C=O) groups is 2. The van der Waals surface area contributed by atoms with E-state index in [1.165, 1.54) is 0 Å². The number of ether oxygens (including phenoxy) is 1. The lowest BCUT2D eigenvalue weighted by Gasteiger charge is -2.37. The molecule has 1 fully saturated rings. The fourth-order valence-electron chi connectivity index (χ4n) is 3.77. The quantitative estimate of drug-likeness (QED) is 0.755. The third-order valence-corrected chi connectivity index (χ3v) is 5.27. The van der Waals surface area contributed by atoms with Crippen molar-refractivity contribution in [2.45, 2.75) is 25.9 Å². The second kappa shape index (κ2) is 8.04. The molecule has 152 valence electrons.